The largest absolute Gasteiger partial charge is 0.493 e. The second kappa shape index (κ2) is 5.74. The topological polar surface area (TPSA) is 69.4 Å². The Balaban J connectivity index is 2.22. The Hall–Kier alpha value is -1.91. The summed E-state index contributed by atoms with van der Waals surface area (Å²) in [6.07, 6.45) is 0.0654. The molecule has 80 valence electrons. The summed E-state index contributed by atoms with van der Waals surface area (Å²) in [7, 11) is 0. The molecule has 1 aromatic carbocycles. The number of Topliss-reactive ketones (excluding diaryl/α,β-unsaturated/α-hetero) is 1. The van der Waals surface area contributed by atoms with Gasteiger partial charge in [0, 0.05) is 11.3 Å². The van der Waals surface area contributed by atoms with Crippen LogP contribution in [0, 0.1) is 10.1 Å². The van der Waals surface area contributed by atoms with Crippen LogP contribution in [0.1, 0.15) is 6.42 Å². The van der Waals surface area contributed by atoms with Gasteiger partial charge in [-0.05, 0) is 12.1 Å². The van der Waals surface area contributed by atoms with Crippen LogP contribution in [0.4, 0.5) is 0 Å². The molecule has 0 amide bonds. The van der Waals surface area contributed by atoms with Gasteiger partial charge in [0.15, 0.2) is 0 Å². The second-order valence-electron chi connectivity index (χ2n) is 2.94. The van der Waals surface area contributed by atoms with Crippen molar-refractivity contribution in [2.45, 2.75) is 6.42 Å². The maximum Gasteiger partial charge on any atom is 0.261 e. The van der Waals surface area contributed by atoms with Gasteiger partial charge in [-0.3, -0.25) is 14.9 Å². The maximum atomic E-state index is 10.9. The smallest absolute Gasteiger partial charge is 0.261 e. The Labute approximate surface area is 86.8 Å². The number of para-hydroxylation sites is 1. The molecule has 0 saturated carbocycles. The molecular weight excluding hydrogens is 198 g/mol. The van der Waals surface area contributed by atoms with Crippen molar-refractivity contribution in [2.24, 2.45) is 0 Å². The molecule has 0 fully saturated rings. The highest BCUT2D eigenvalue weighted by atomic mass is 16.6. The molecule has 0 aliphatic rings. The minimum atomic E-state index is -0.634. The Morgan fingerprint density at radius 3 is 2.60 bits per heavy atom. The molecule has 0 atom stereocenters. The Kier molecular flexibility index (Phi) is 4.28. The molecule has 5 heteroatoms. The van der Waals surface area contributed by atoms with E-state index in [9.17, 15) is 14.9 Å². The normalized spacial score (nSPS) is 9.60. The highest BCUT2D eigenvalue weighted by molar-refractivity contribution is 5.79. The van der Waals surface area contributed by atoms with Crippen molar-refractivity contribution in [3.05, 3.63) is 40.4 Å². The number of ketones is 1. The Morgan fingerprint density at radius 2 is 2.00 bits per heavy atom. The van der Waals surface area contributed by atoms with E-state index in [1.807, 2.05) is 18.2 Å². The van der Waals surface area contributed by atoms with Crippen molar-refractivity contribution < 1.29 is 14.5 Å². The summed E-state index contributed by atoms with van der Waals surface area (Å²) >= 11 is 0. The monoisotopic (exact) mass is 209 g/mol. The summed E-state index contributed by atoms with van der Waals surface area (Å²) in [5.41, 5.74) is 0. The number of carbonyl (C=O) groups is 1. The zero-order valence-corrected chi connectivity index (χ0v) is 8.09. The number of hydrogen-bond acceptors (Lipinski definition) is 4. The summed E-state index contributed by atoms with van der Waals surface area (Å²) in [6.45, 7) is -0.450. The molecule has 0 spiro atoms. The van der Waals surface area contributed by atoms with E-state index in [1.165, 1.54) is 0 Å². The first-order chi connectivity index (χ1) is 7.18. The molecule has 0 heterocycles. The van der Waals surface area contributed by atoms with Crippen LogP contribution in [0.15, 0.2) is 30.3 Å². The van der Waals surface area contributed by atoms with Crippen LogP contribution < -0.4 is 4.74 Å². The van der Waals surface area contributed by atoms with E-state index in [4.69, 9.17) is 4.74 Å². The van der Waals surface area contributed by atoms with Gasteiger partial charge in [-0.25, -0.2) is 0 Å². The maximum absolute atomic E-state index is 10.9. The average molecular weight is 209 g/mol. The number of benzene rings is 1. The molecule has 0 bridgehead atoms. The van der Waals surface area contributed by atoms with Crippen LogP contribution in [-0.4, -0.2) is 23.9 Å². The third-order valence-electron chi connectivity index (χ3n) is 1.70. The van der Waals surface area contributed by atoms with Crippen molar-refractivity contribution in [3.8, 4) is 5.75 Å². The molecule has 0 aliphatic heterocycles. The van der Waals surface area contributed by atoms with Crippen LogP contribution in [0.25, 0.3) is 0 Å². The van der Waals surface area contributed by atoms with Gasteiger partial charge >= 0.3 is 0 Å². The number of rotatable bonds is 6. The van der Waals surface area contributed by atoms with Crippen LogP contribution in [0.3, 0.4) is 0 Å². The average Bonchev–Trinajstić information content (AvgIpc) is 2.18. The predicted molar refractivity (Wildman–Crippen MR) is 53.4 cm³/mol. The predicted octanol–water partition coefficient (Wildman–Crippen LogP) is 1.30. The number of hydrogen-bond donors (Lipinski definition) is 0. The molecule has 1 aromatic rings. The molecule has 0 radical (unpaired) electrons. The lowest BCUT2D eigenvalue weighted by atomic mass is 10.3. The van der Waals surface area contributed by atoms with Crippen LogP contribution in [-0.2, 0) is 4.79 Å². The van der Waals surface area contributed by atoms with E-state index in [-0.39, 0.29) is 13.0 Å². The molecule has 0 unspecified atom stereocenters. The minimum absolute atomic E-state index is 0.0654. The molecule has 15 heavy (non-hydrogen) atoms. The molecule has 0 saturated heterocycles. The SMILES string of the molecule is O=C(CCOc1ccccc1)C[N+](=O)[O-]. The summed E-state index contributed by atoms with van der Waals surface area (Å²) in [4.78, 5) is 20.3. The number of nitro groups is 1. The summed E-state index contributed by atoms with van der Waals surface area (Å²) in [6, 6.07) is 9.00. The van der Waals surface area contributed by atoms with Gasteiger partial charge < -0.3 is 4.74 Å². The van der Waals surface area contributed by atoms with Gasteiger partial charge in [0.05, 0.1) is 6.61 Å². The summed E-state index contributed by atoms with van der Waals surface area (Å²) < 4.78 is 5.21. The highest BCUT2D eigenvalue weighted by Crippen LogP contribution is 2.08. The first kappa shape index (κ1) is 11.2. The second-order valence-corrected chi connectivity index (χ2v) is 2.94. The van der Waals surface area contributed by atoms with Crippen molar-refractivity contribution >= 4 is 5.78 Å². The third kappa shape index (κ3) is 4.75. The summed E-state index contributed by atoms with van der Waals surface area (Å²) in [5.74, 6) is 0.238. The first-order valence-corrected chi connectivity index (χ1v) is 4.50. The van der Waals surface area contributed by atoms with E-state index in [1.54, 1.807) is 12.1 Å². The van der Waals surface area contributed by atoms with Crippen molar-refractivity contribution in [2.75, 3.05) is 13.2 Å². The van der Waals surface area contributed by atoms with E-state index in [0.29, 0.717) is 5.75 Å². The first-order valence-electron chi connectivity index (χ1n) is 4.50. The van der Waals surface area contributed by atoms with Gasteiger partial charge in [0.1, 0.15) is 5.75 Å². The van der Waals surface area contributed by atoms with E-state index >= 15 is 0 Å². The van der Waals surface area contributed by atoms with Gasteiger partial charge in [-0.15, -0.1) is 0 Å². The van der Waals surface area contributed by atoms with E-state index in [2.05, 4.69) is 0 Å². The molecule has 0 aliphatic carbocycles. The molecule has 0 aromatic heterocycles. The summed E-state index contributed by atoms with van der Waals surface area (Å²) in [5, 5.41) is 9.99. The molecule has 5 nitrogen and oxygen atoms in total. The van der Waals surface area contributed by atoms with Crippen LogP contribution in [0.2, 0.25) is 0 Å². The zero-order chi connectivity index (χ0) is 11.1. The van der Waals surface area contributed by atoms with Crippen molar-refractivity contribution in [1.29, 1.82) is 0 Å². The van der Waals surface area contributed by atoms with Gasteiger partial charge in [-0.1, -0.05) is 18.2 Å². The lowest BCUT2D eigenvalue weighted by Crippen LogP contribution is -2.16. The Morgan fingerprint density at radius 1 is 1.33 bits per heavy atom. The van der Waals surface area contributed by atoms with Crippen molar-refractivity contribution in [1.82, 2.24) is 0 Å². The highest BCUT2D eigenvalue weighted by Gasteiger charge is 2.08. The standard InChI is InChI=1S/C10H11NO4/c12-9(8-11(13)14)6-7-15-10-4-2-1-3-5-10/h1-5H,6-8H2. The lowest BCUT2D eigenvalue weighted by molar-refractivity contribution is -0.467. The third-order valence-corrected chi connectivity index (χ3v) is 1.70. The minimum Gasteiger partial charge on any atom is -0.493 e. The van der Waals surface area contributed by atoms with Crippen LogP contribution in [0.5, 0.6) is 5.75 Å². The molecule has 1 rings (SSSR count). The quantitative estimate of drug-likeness (QED) is 0.523. The fourth-order valence-corrected chi connectivity index (χ4v) is 1.02. The van der Waals surface area contributed by atoms with Crippen LogP contribution >= 0.6 is 0 Å². The van der Waals surface area contributed by atoms with E-state index < -0.39 is 17.3 Å². The van der Waals surface area contributed by atoms with Gasteiger partial charge in [0.25, 0.3) is 6.54 Å². The fourth-order valence-electron chi connectivity index (χ4n) is 1.02. The number of carbonyl (C=O) groups excluding carboxylic acids is 1. The zero-order valence-electron chi connectivity index (χ0n) is 8.09. The number of nitrogens with zero attached hydrogens (tertiary/aromatic N) is 1. The van der Waals surface area contributed by atoms with E-state index in [0.717, 1.165) is 0 Å². The fraction of sp³-hybridized carbons (Fsp3) is 0.300. The lowest BCUT2D eigenvalue weighted by Gasteiger charge is -2.03. The van der Waals surface area contributed by atoms with Gasteiger partial charge in [-0.2, -0.15) is 0 Å². The van der Waals surface area contributed by atoms with Crippen molar-refractivity contribution in [3.63, 3.8) is 0 Å². The number of ether oxygens (including phenoxy) is 1. The Bertz CT molecular complexity index is 337. The molecule has 0 N–H and O–H groups in total. The molecular formula is C10H11NO4. The van der Waals surface area contributed by atoms with Gasteiger partial charge in [0.2, 0.25) is 5.78 Å².